The topological polar surface area (TPSA) is 113 Å². The van der Waals surface area contributed by atoms with E-state index in [-0.39, 0.29) is 47.1 Å². The lowest BCUT2D eigenvalue weighted by Crippen LogP contribution is -2.61. The minimum Gasteiger partial charge on any atom is -0.465 e. The normalized spacial score (nSPS) is 30.0. The van der Waals surface area contributed by atoms with Crippen LogP contribution in [0.4, 0.5) is 0 Å². The monoisotopic (exact) mass is 588 g/mol. The van der Waals surface area contributed by atoms with E-state index in [9.17, 15) is 23.1 Å². The van der Waals surface area contributed by atoms with Gasteiger partial charge in [-0.15, -0.1) is 0 Å². The van der Waals surface area contributed by atoms with Crippen LogP contribution < -0.4 is 5.32 Å². The number of quaternary nitrogens is 1. The highest BCUT2D eigenvalue weighted by molar-refractivity contribution is 7.89. The number of carbonyl (C=O) groups is 2. The highest BCUT2D eigenvalue weighted by Crippen LogP contribution is 2.70. The standard InChI is InChI=1S/C31H45N3O6S/c1-28(2)24-11-13-30(28,31(37,18-24)21-32-26(35)19-34(3,4)20-27(36)40-5)22-41(38,39)33-16-14-29(15-17-33)12-10-23-8-6-7-9-25(23)29/h6-10,12,24,37H,11,13-22H2,1-5H3/p+1/t24-,30+,31+/m0/s1. The Hall–Kier alpha value is -2.27. The molecule has 10 heteroatoms. The Morgan fingerprint density at radius 2 is 1.80 bits per heavy atom. The number of rotatable bonds is 9. The first kappa shape index (κ1) is 30.2. The fraction of sp³-hybridized carbons (Fsp3) is 0.677. The molecule has 1 aliphatic heterocycles. The molecule has 5 rings (SSSR count). The van der Waals surface area contributed by atoms with Crippen LogP contribution >= 0.6 is 0 Å². The summed E-state index contributed by atoms with van der Waals surface area (Å²) in [5.74, 6) is -0.649. The molecule has 3 aliphatic carbocycles. The average Bonchev–Trinajstić information content (AvgIpc) is 3.42. The molecule has 1 spiro atoms. The molecule has 9 nitrogen and oxygen atoms in total. The van der Waals surface area contributed by atoms with Crippen molar-refractivity contribution < 1.29 is 32.3 Å². The average molecular weight is 589 g/mol. The van der Waals surface area contributed by atoms with E-state index >= 15 is 0 Å². The highest BCUT2D eigenvalue weighted by atomic mass is 32.2. The van der Waals surface area contributed by atoms with E-state index in [1.807, 2.05) is 12.1 Å². The van der Waals surface area contributed by atoms with Gasteiger partial charge < -0.3 is 19.6 Å². The summed E-state index contributed by atoms with van der Waals surface area (Å²) in [7, 11) is 1.17. The number of nitrogens with zero attached hydrogens (tertiary/aromatic N) is 2. The predicted molar refractivity (Wildman–Crippen MR) is 157 cm³/mol. The number of esters is 1. The van der Waals surface area contributed by atoms with Gasteiger partial charge in [0.15, 0.2) is 13.1 Å². The summed E-state index contributed by atoms with van der Waals surface area (Å²) in [6.45, 7) is 5.14. The van der Waals surface area contributed by atoms with Crippen molar-refractivity contribution in [3.8, 4) is 0 Å². The van der Waals surface area contributed by atoms with Crippen molar-refractivity contribution in [2.75, 3.05) is 59.7 Å². The van der Waals surface area contributed by atoms with Crippen molar-refractivity contribution in [3.05, 3.63) is 41.5 Å². The molecule has 3 atom stereocenters. The molecule has 1 amide bonds. The summed E-state index contributed by atoms with van der Waals surface area (Å²) in [5.41, 5.74) is -0.230. The number of fused-ring (bicyclic) bond motifs is 4. The second-order valence-corrected chi connectivity index (χ2v) is 16.1. The van der Waals surface area contributed by atoms with Crippen LogP contribution in [0.15, 0.2) is 30.3 Å². The molecule has 3 fully saturated rings. The Labute approximate surface area is 244 Å². The van der Waals surface area contributed by atoms with Gasteiger partial charge in [0.2, 0.25) is 10.0 Å². The Balaban J connectivity index is 1.29. The molecular weight excluding hydrogens is 542 g/mol. The lowest BCUT2D eigenvalue weighted by atomic mass is 9.64. The minimum atomic E-state index is -3.68. The van der Waals surface area contributed by atoms with Gasteiger partial charge in [0, 0.05) is 30.5 Å². The van der Waals surface area contributed by atoms with E-state index < -0.39 is 32.4 Å². The van der Waals surface area contributed by atoms with Crippen molar-refractivity contribution in [1.29, 1.82) is 0 Å². The first-order chi connectivity index (χ1) is 19.1. The third kappa shape index (κ3) is 5.04. The summed E-state index contributed by atoms with van der Waals surface area (Å²) in [6, 6.07) is 8.35. The quantitative estimate of drug-likeness (QED) is 0.338. The molecule has 1 aromatic carbocycles. The van der Waals surface area contributed by atoms with E-state index in [1.54, 1.807) is 18.4 Å². The van der Waals surface area contributed by atoms with Crippen LogP contribution in [0, 0.1) is 16.7 Å². The number of nitrogens with one attached hydrogen (secondary N) is 1. The van der Waals surface area contributed by atoms with Crippen LogP contribution in [0.25, 0.3) is 6.08 Å². The van der Waals surface area contributed by atoms with Crippen molar-refractivity contribution in [2.45, 2.75) is 57.0 Å². The molecule has 1 saturated heterocycles. The van der Waals surface area contributed by atoms with Gasteiger partial charge in [-0.3, -0.25) is 4.79 Å². The van der Waals surface area contributed by atoms with Crippen molar-refractivity contribution >= 4 is 28.0 Å². The van der Waals surface area contributed by atoms with Crippen molar-refractivity contribution in [2.24, 2.45) is 16.7 Å². The Morgan fingerprint density at radius 3 is 2.46 bits per heavy atom. The Morgan fingerprint density at radius 1 is 1.12 bits per heavy atom. The van der Waals surface area contributed by atoms with Crippen LogP contribution in [0.1, 0.15) is 57.1 Å². The molecular formula is C31H46N3O6S+. The van der Waals surface area contributed by atoms with E-state index in [1.165, 1.54) is 18.2 Å². The summed E-state index contributed by atoms with van der Waals surface area (Å²) in [6.07, 6.45) is 7.80. The maximum atomic E-state index is 14.1. The van der Waals surface area contributed by atoms with Gasteiger partial charge in [0.05, 0.1) is 32.6 Å². The summed E-state index contributed by atoms with van der Waals surface area (Å²) < 4.78 is 34.6. The number of aliphatic hydroxyl groups is 1. The van der Waals surface area contributed by atoms with Crippen LogP contribution in [-0.2, 0) is 29.8 Å². The van der Waals surface area contributed by atoms with Gasteiger partial charge in [-0.2, -0.15) is 0 Å². The zero-order valence-corrected chi connectivity index (χ0v) is 25.9. The van der Waals surface area contributed by atoms with Gasteiger partial charge in [-0.1, -0.05) is 50.3 Å². The third-order valence-electron chi connectivity index (χ3n) is 11.1. The predicted octanol–water partition coefficient (Wildman–Crippen LogP) is 2.30. The zero-order valence-electron chi connectivity index (χ0n) is 25.1. The number of benzene rings is 1. The molecule has 0 aromatic heterocycles. The van der Waals surface area contributed by atoms with Crippen LogP contribution in [0.3, 0.4) is 0 Å². The number of ether oxygens (including phenoxy) is 1. The number of piperidine rings is 1. The van der Waals surface area contributed by atoms with Crippen molar-refractivity contribution in [3.63, 3.8) is 0 Å². The highest BCUT2D eigenvalue weighted by Gasteiger charge is 2.72. The van der Waals surface area contributed by atoms with Crippen LogP contribution in [0.2, 0.25) is 0 Å². The van der Waals surface area contributed by atoms with E-state index in [0.29, 0.717) is 25.9 Å². The number of hydrogen-bond donors (Lipinski definition) is 2. The first-order valence-corrected chi connectivity index (χ1v) is 16.3. The molecule has 226 valence electrons. The fourth-order valence-electron chi connectivity index (χ4n) is 8.52. The van der Waals surface area contributed by atoms with Crippen LogP contribution in [-0.4, -0.2) is 99.5 Å². The number of hydrogen-bond acceptors (Lipinski definition) is 6. The number of allylic oxidation sites excluding steroid dienone is 1. The maximum Gasteiger partial charge on any atom is 0.361 e. The van der Waals surface area contributed by atoms with E-state index in [2.05, 4.69) is 43.4 Å². The van der Waals surface area contributed by atoms with Gasteiger partial charge in [-0.05, 0) is 54.6 Å². The molecule has 1 aromatic rings. The Bertz CT molecular complexity index is 1350. The van der Waals surface area contributed by atoms with Crippen LogP contribution in [0.5, 0.6) is 0 Å². The molecule has 41 heavy (non-hydrogen) atoms. The number of carbonyl (C=O) groups excluding carboxylic acids is 2. The van der Waals surface area contributed by atoms with E-state index in [0.717, 1.165) is 19.3 Å². The third-order valence-corrected chi connectivity index (χ3v) is 13.1. The van der Waals surface area contributed by atoms with E-state index in [4.69, 9.17) is 4.74 Å². The number of amides is 1. The summed E-state index contributed by atoms with van der Waals surface area (Å²) in [5, 5.41) is 15.0. The summed E-state index contributed by atoms with van der Waals surface area (Å²) >= 11 is 0. The SMILES string of the molecule is COC(=O)C[N+](C)(C)CC(=O)NC[C@]1(O)C[C@@H]2CC[C@@]1(CS(=O)(=O)N1CCC3(C=Cc4ccccc43)CC1)C2(C)C. The lowest BCUT2D eigenvalue weighted by Gasteiger charge is -2.49. The Kier molecular flexibility index (Phi) is 7.49. The number of sulfonamides is 1. The number of methoxy groups -OCH3 is 1. The molecule has 0 radical (unpaired) electrons. The smallest absolute Gasteiger partial charge is 0.361 e. The summed E-state index contributed by atoms with van der Waals surface area (Å²) in [4.78, 5) is 24.7. The van der Waals surface area contributed by atoms with Gasteiger partial charge >= 0.3 is 5.97 Å². The molecule has 2 saturated carbocycles. The maximum absolute atomic E-state index is 14.1. The molecule has 2 bridgehead atoms. The largest absolute Gasteiger partial charge is 0.465 e. The van der Waals surface area contributed by atoms with Gasteiger partial charge in [0.25, 0.3) is 5.91 Å². The molecule has 2 N–H and O–H groups in total. The zero-order chi connectivity index (χ0) is 29.9. The lowest BCUT2D eigenvalue weighted by molar-refractivity contribution is -0.875. The first-order valence-electron chi connectivity index (χ1n) is 14.7. The molecule has 0 unspecified atom stereocenters. The van der Waals surface area contributed by atoms with Crippen molar-refractivity contribution in [1.82, 2.24) is 9.62 Å². The number of likely N-dealkylation sites (N-methyl/N-ethyl adjacent to an activating group) is 1. The second kappa shape index (κ2) is 10.2. The minimum absolute atomic E-state index is 0.00972. The molecule has 1 heterocycles. The second-order valence-electron chi connectivity index (χ2n) is 14.1. The van der Waals surface area contributed by atoms with Gasteiger partial charge in [0.1, 0.15) is 0 Å². The molecule has 4 aliphatic rings. The fourth-order valence-corrected chi connectivity index (χ4v) is 10.8. The van der Waals surface area contributed by atoms with Gasteiger partial charge in [-0.25, -0.2) is 17.5 Å².